The van der Waals surface area contributed by atoms with E-state index in [4.69, 9.17) is 0 Å². The molecule has 48 heavy (non-hydrogen) atoms. The summed E-state index contributed by atoms with van der Waals surface area (Å²) in [4.78, 5) is 20.4. The first-order chi connectivity index (χ1) is 19.5. The van der Waals surface area contributed by atoms with Gasteiger partial charge in [-0.1, -0.05) is 194 Å². The first-order valence-electron chi connectivity index (χ1n) is 17.9. The topological polar surface area (TPSA) is 301 Å². The number of rotatable bonds is 32. The minimum atomic E-state index is -0.903. The zero-order chi connectivity index (χ0) is 29.8. The van der Waals surface area contributed by atoms with Crippen LogP contribution < -0.4 is 10.2 Å². The number of hydrogen-bond acceptors (Lipinski definition) is 4. The Hall–Kier alpha value is -0.574. The minimum Gasteiger partial charge on any atom is -0.550 e. The van der Waals surface area contributed by atoms with E-state index in [2.05, 4.69) is 13.8 Å². The number of carbonyl (C=O) groups excluding carboxylic acids is 2. The van der Waals surface area contributed by atoms with E-state index in [9.17, 15) is 19.8 Å². The van der Waals surface area contributed by atoms with E-state index in [1.165, 1.54) is 167 Å². The van der Waals surface area contributed by atoms with Crippen LogP contribution in [0.4, 0.5) is 0 Å². The van der Waals surface area contributed by atoms with Crippen molar-refractivity contribution in [2.75, 3.05) is 0 Å². The van der Waals surface area contributed by atoms with Crippen LogP contribution in [0.15, 0.2) is 0 Å². The molecule has 11 nitrogen and oxygen atoms in total. The molecule has 0 aromatic heterocycles. The van der Waals surface area contributed by atoms with Crippen molar-refractivity contribution in [3.8, 4) is 0 Å². The van der Waals surface area contributed by atoms with Gasteiger partial charge in [0.1, 0.15) is 0 Å². The van der Waals surface area contributed by atoms with E-state index in [0.717, 1.165) is 25.7 Å². The van der Waals surface area contributed by atoms with Crippen LogP contribution in [0.1, 0.15) is 219 Å². The van der Waals surface area contributed by atoms with Crippen LogP contribution in [0.2, 0.25) is 0 Å². The number of aliphatic carboxylic acids is 2. The van der Waals surface area contributed by atoms with Crippen molar-refractivity contribution in [1.29, 1.82) is 0 Å². The van der Waals surface area contributed by atoms with E-state index in [1.807, 2.05) is 0 Å². The molecule has 0 atom stereocenters. The fourth-order valence-electron chi connectivity index (χ4n) is 5.28. The fraction of sp³-hybridized carbons (Fsp3) is 0.944. The Labute approximate surface area is 311 Å². The molecule has 0 aliphatic heterocycles. The van der Waals surface area contributed by atoms with Crippen molar-refractivity contribution in [3.05, 3.63) is 0 Å². The largest absolute Gasteiger partial charge is 2.00 e. The molecular formula is C36H84MgO11. The molecule has 0 radical (unpaired) electrons. The Morgan fingerprint density at radius 2 is 0.417 bits per heavy atom. The molecule has 0 aliphatic carbocycles. The van der Waals surface area contributed by atoms with Crippen molar-refractivity contribution >= 4 is 35.0 Å². The van der Waals surface area contributed by atoms with Gasteiger partial charge in [0.2, 0.25) is 0 Å². The van der Waals surface area contributed by atoms with Gasteiger partial charge in [-0.25, -0.2) is 0 Å². The average Bonchev–Trinajstić information content (AvgIpc) is 2.93. The molecule has 0 amide bonds. The molecule has 0 heterocycles. The van der Waals surface area contributed by atoms with Crippen LogP contribution in [-0.4, -0.2) is 73.3 Å². The summed E-state index contributed by atoms with van der Waals surface area (Å²) in [6.07, 6.45) is 39.7. The van der Waals surface area contributed by atoms with Crippen LogP contribution in [0, 0.1) is 0 Å². The Morgan fingerprint density at radius 1 is 0.292 bits per heavy atom. The van der Waals surface area contributed by atoms with Crippen molar-refractivity contribution in [3.63, 3.8) is 0 Å². The van der Waals surface area contributed by atoms with Crippen LogP contribution in [-0.2, 0) is 9.59 Å². The Bertz CT molecular complexity index is 472. The molecule has 0 spiro atoms. The molecule has 12 heteroatoms. The molecule has 14 N–H and O–H groups in total. The van der Waals surface area contributed by atoms with Crippen LogP contribution in [0.25, 0.3) is 0 Å². The van der Waals surface area contributed by atoms with Gasteiger partial charge < -0.3 is 58.1 Å². The average molecular weight is 717 g/mol. The first-order valence-corrected chi connectivity index (χ1v) is 17.9. The summed E-state index contributed by atoms with van der Waals surface area (Å²) in [5.74, 6) is -1.81. The second-order valence-electron chi connectivity index (χ2n) is 12.1. The Balaban J connectivity index is -0.0000000645. The normalized spacial score (nSPS) is 9.04. The molecule has 0 aromatic carbocycles. The Morgan fingerprint density at radius 3 is 0.542 bits per heavy atom. The van der Waals surface area contributed by atoms with Crippen LogP contribution >= 0.6 is 0 Å². The summed E-state index contributed by atoms with van der Waals surface area (Å²) in [6, 6.07) is 0. The number of hydrogen-bond donors (Lipinski definition) is 0. The van der Waals surface area contributed by atoms with Gasteiger partial charge in [-0.3, -0.25) is 0 Å². The van der Waals surface area contributed by atoms with Gasteiger partial charge in [-0.2, -0.15) is 0 Å². The van der Waals surface area contributed by atoms with E-state index in [-0.39, 0.29) is 74.2 Å². The Kier molecular flexibility index (Phi) is 104. The molecule has 296 valence electrons. The van der Waals surface area contributed by atoms with Crippen molar-refractivity contribution in [2.45, 2.75) is 219 Å². The van der Waals surface area contributed by atoms with Gasteiger partial charge in [0.05, 0.1) is 0 Å². The van der Waals surface area contributed by atoms with E-state index in [0.29, 0.717) is 0 Å². The molecular weight excluding hydrogens is 633 g/mol. The molecule has 0 bridgehead atoms. The van der Waals surface area contributed by atoms with Gasteiger partial charge in [-0.15, -0.1) is 0 Å². The summed E-state index contributed by atoms with van der Waals surface area (Å²) in [6.45, 7) is 4.53. The number of carboxylic acid groups (broad SMARTS) is 2. The second-order valence-corrected chi connectivity index (χ2v) is 12.1. The van der Waals surface area contributed by atoms with Crippen LogP contribution in [0.5, 0.6) is 0 Å². The summed E-state index contributed by atoms with van der Waals surface area (Å²) < 4.78 is 0. The minimum absolute atomic E-state index is 0. The first kappa shape index (κ1) is 73.0. The summed E-state index contributed by atoms with van der Waals surface area (Å²) in [7, 11) is 0. The van der Waals surface area contributed by atoms with Gasteiger partial charge >= 0.3 is 23.1 Å². The van der Waals surface area contributed by atoms with Crippen molar-refractivity contribution < 1.29 is 58.1 Å². The van der Waals surface area contributed by atoms with Crippen LogP contribution in [0.3, 0.4) is 0 Å². The van der Waals surface area contributed by atoms with Gasteiger partial charge in [0.15, 0.2) is 0 Å². The number of carbonyl (C=O) groups is 2. The monoisotopic (exact) mass is 717 g/mol. The van der Waals surface area contributed by atoms with Gasteiger partial charge in [-0.05, 0) is 25.7 Å². The molecule has 0 aromatic rings. The maximum Gasteiger partial charge on any atom is 2.00 e. The summed E-state index contributed by atoms with van der Waals surface area (Å²) in [5.41, 5.74) is 0. The standard InChI is InChI=1S/2C18H36O2.Mg.7H2O/c2*1-2-3-4-5-6-7-8-9-10-11-12-13-14-15-16-17-18(19)20;;;;;;;;/h2*2-17H2,1H3,(H,19,20);;7*1H2/q;;+2;;;;;;;/p-2. The predicted molar refractivity (Wildman–Crippen MR) is 200 cm³/mol. The van der Waals surface area contributed by atoms with E-state index >= 15 is 0 Å². The molecule has 0 rings (SSSR count). The third kappa shape index (κ3) is 80.2. The third-order valence-corrected chi connectivity index (χ3v) is 7.97. The van der Waals surface area contributed by atoms with E-state index in [1.54, 1.807) is 0 Å². The second kappa shape index (κ2) is 68.4. The maximum absolute atomic E-state index is 10.2. The number of unbranched alkanes of at least 4 members (excludes halogenated alkanes) is 28. The molecule has 0 saturated carbocycles. The van der Waals surface area contributed by atoms with Gasteiger partial charge in [0, 0.05) is 11.9 Å². The smallest absolute Gasteiger partial charge is 0.550 e. The molecule has 0 aliphatic rings. The zero-order valence-electron chi connectivity index (χ0n) is 31.5. The van der Waals surface area contributed by atoms with Crippen molar-refractivity contribution in [1.82, 2.24) is 0 Å². The molecule has 0 saturated heterocycles. The molecule has 0 fully saturated rings. The predicted octanol–water partition coefficient (Wildman–Crippen LogP) is 3.84. The summed E-state index contributed by atoms with van der Waals surface area (Å²) >= 11 is 0. The summed E-state index contributed by atoms with van der Waals surface area (Å²) in [5, 5.41) is 20.4. The SMILES string of the molecule is CCCCCCCCCCCCCCCCCC(=O)[O-].CCCCCCCCCCCCCCCCCC(=O)[O-].O.O.O.O.O.O.O.[Mg+2]. The van der Waals surface area contributed by atoms with Gasteiger partial charge in [0.25, 0.3) is 0 Å². The number of carboxylic acids is 2. The fourth-order valence-corrected chi connectivity index (χ4v) is 5.28. The molecule has 0 unspecified atom stereocenters. The zero-order valence-corrected chi connectivity index (χ0v) is 32.9. The quantitative estimate of drug-likeness (QED) is 0.0739. The third-order valence-electron chi connectivity index (χ3n) is 7.97. The van der Waals surface area contributed by atoms with Crippen molar-refractivity contribution in [2.24, 2.45) is 0 Å². The van der Waals surface area contributed by atoms with E-state index < -0.39 is 11.9 Å². The maximum atomic E-state index is 10.2.